The van der Waals surface area contributed by atoms with Gasteiger partial charge in [0.1, 0.15) is 11.2 Å². The van der Waals surface area contributed by atoms with Crippen LogP contribution in [0.3, 0.4) is 0 Å². The largest absolute Gasteiger partial charge is 0.265 e. The summed E-state index contributed by atoms with van der Waals surface area (Å²) in [7, 11) is 0. The predicted molar refractivity (Wildman–Crippen MR) is 35.3 cm³/mol. The third kappa shape index (κ3) is 0.781. The Bertz CT molecular complexity index is 253. The Kier molecular flexibility index (Phi) is 1.17. The van der Waals surface area contributed by atoms with Crippen molar-refractivity contribution in [3.63, 3.8) is 0 Å². The predicted octanol–water partition coefficient (Wildman–Crippen LogP) is 0.323. The molecule has 0 aromatic carbocycles. The van der Waals surface area contributed by atoms with Gasteiger partial charge in [-0.15, -0.1) is 15.3 Å². The van der Waals surface area contributed by atoms with E-state index >= 15 is 0 Å². The SMILES string of the molecule is c1nnc(-c2c[nH]nn2)s1. The van der Waals surface area contributed by atoms with Gasteiger partial charge in [0.15, 0.2) is 5.01 Å². The monoisotopic (exact) mass is 153 g/mol. The van der Waals surface area contributed by atoms with Crippen LogP contribution in [0, 0.1) is 0 Å². The summed E-state index contributed by atoms with van der Waals surface area (Å²) in [4.78, 5) is 0. The van der Waals surface area contributed by atoms with E-state index in [2.05, 4.69) is 25.6 Å². The lowest BCUT2D eigenvalue weighted by atomic mass is 10.5. The van der Waals surface area contributed by atoms with Crippen LogP contribution in [-0.2, 0) is 0 Å². The van der Waals surface area contributed by atoms with Crippen molar-refractivity contribution in [3.05, 3.63) is 11.7 Å². The van der Waals surface area contributed by atoms with Crippen molar-refractivity contribution in [3.8, 4) is 10.7 Å². The molecule has 0 bridgehead atoms. The minimum absolute atomic E-state index is 0.738. The molecule has 0 aliphatic heterocycles. The lowest BCUT2D eigenvalue weighted by Gasteiger charge is -1.78. The molecule has 2 rings (SSSR count). The van der Waals surface area contributed by atoms with E-state index in [0.717, 1.165) is 10.7 Å². The molecule has 2 heterocycles. The Morgan fingerprint density at radius 1 is 1.40 bits per heavy atom. The van der Waals surface area contributed by atoms with Crippen molar-refractivity contribution in [2.45, 2.75) is 0 Å². The average Bonchev–Trinajstić information content (AvgIpc) is 2.59. The number of rotatable bonds is 1. The molecule has 0 atom stereocenters. The summed E-state index contributed by atoms with van der Waals surface area (Å²) in [5.41, 5.74) is 2.40. The van der Waals surface area contributed by atoms with E-state index in [4.69, 9.17) is 0 Å². The van der Waals surface area contributed by atoms with E-state index in [9.17, 15) is 0 Å². The second kappa shape index (κ2) is 2.14. The Hall–Kier alpha value is -1.30. The van der Waals surface area contributed by atoms with Crippen molar-refractivity contribution in [2.75, 3.05) is 0 Å². The first-order valence-corrected chi connectivity index (χ1v) is 3.48. The van der Waals surface area contributed by atoms with Gasteiger partial charge in [0.05, 0.1) is 6.20 Å². The van der Waals surface area contributed by atoms with E-state index in [1.54, 1.807) is 11.7 Å². The summed E-state index contributed by atoms with van der Waals surface area (Å²) >= 11 is 1.44. The molecule has 6 heteroatoms. The van der Waals surface area contributed by atoms with Gasteiger partial charge in [0, 0.05) is 0 Å². The average molecular weight is 153 g/mol. The summed E-state index contributed by atoms with van der Waals surface area (Å²) in [5, 5.41) is 18.2. The maximum absolute atomic E-state index is 3.80. The molecular weight excluding hydrogens is 150 g/mol. The molecule has 0 aliphatic rings. The van der Waals surface area contributed by atoms with Crippen molar-refractivity contribution >= 4 is 11.3 Å². The number of aromatic amines is 1. The fourth-order valence-electron chi connectivity index (χ4n) is 0.591. The molecule has 2 aromatic heterocycles. The zero-order chi connectivity index (χ0) is 6.81. The lowest BCUT2D eigenvalue weighted by molar-refractivity contribution is 0.940. The van der Waals surface area contributed by atoms with Gasteiger partial charge >= 0.3 is 0 Å². The van der Waals surface area contributed by atoms with Crippen LogP contribution in [0.15, 0.2) is 11.7 Å². The van der Waals surface area contributed by atoms with Crippen LogP contribution >= 0.6 is 11.3 Å². The van der Waals surface area contributed by atoms with E-state index < -0.39 is 0 Å². The van der Waals surface area contributed by atoms with Gasteiger partial charge in [-0.3, -0.25) is 5.10 Å². The first-order chi connectivity index (χ1) is 4.97. The molecule has 1 N–H and O–H groups in total. The van der Waals surface area contributed by atoms with Gasteiger partial charge in [-0.1, -0.05) is 16.6 Å². The lowest BCUT2D eigenvalue weighted by Crippen LogP contribution is -1.75. The second-order valence-electron chi connectivity index (χ2n) is 1.60. The Balaban J connectivity index is 2.48. The number of hydrogen-bond donors (Lipinski definition) is 1. The van der Waals surface area contributed by atoms with Crippen LogP contribution in [0.2, 0.25) is 0 Å². The Morgan fingerprint density at radius 2 is 2.40 bits per heavy atom. The summed E-state index contributed by atoms with van der Waals surface area (Å²) < 4.78 is 0. The van der Waals surface area contributed by atoms with Crippen LogP contribution in [0.4, 0.5) is 0 Å². The quantitative estimate of drug-likeness (QED) is 0.640. The first-order valence-electron chi connectivity index (χ1n) is 2.60. The molecule has 2 aromatic rings. The van der Waals surface area contributed by atoms with E-state index in [1.165, 1.54) is 11.3 Å². The number of H-pyrrole nitrogens is 1. The fraction of sp³-hybridized carbons (Fsp3) is 0. The fourth-order valence-corrected chi connectivity index (χ4v) is 1.10. The Labute approximate surface area is 60.1 Å². The van der Waals surface area contributed by atoms with Gasteiger partial charge in [-0.25, -0.2) is 0 Å². The van der Waals surface area contributed by atoms with Gasteiger partial charge in [0.25, 0.3) is 0 Å². The molecule has 0 aliphatic carbocycles. The molecule has 0 spiro atoms. The summed E-state index contributed by atoms with van der Waals surface area (Å²) in [5.74, 6) is 0. The number of aromatic nitrogens is 5. The van der Waals surface area contributed by atoms with Gasteiger partial charge in [0.2, 0.25) is 0 Å². The Morgan fingerprint density at radius 3 is 3.00 bits per heavy atom. The third-order valence-corrected chi connectivity index (χ3v) is 1.71. The zero-order valence-corrected chi connectivity index (χ0v) is 5.67. The summed E-state index contributed by atoms with van der Waals surface area (Å²) in [6.07, 6.45) is 1.68. The summed E-state index contributed by atoms with van der Waals surface area (Å²) in [6, 6.07) is 0. The molecule has 0 amide bonds. The molecule has 0 radical (unpaired) electrons. The third-order valence-electron chi connectivity index (χ3n) is 0.996. The van der Waals surface area contributed by atoms with Crippen molar-refractivity contribution in [2.24, 2.45) is 0 Å². The van der Waals surface area contributed by atoms with Crippen LogP contribution in [0.5, 0.6) is 0 Å². The molecule has 50 valence electrons. The second-order valence-corrected chi connectivity index (χ2v) is 2.44. The van der Waals surface area contributed by atoms with Crippen molar-refractivity contribution in [1.29, 1.82) is 0 Å². The number of hydrogen-bond acceptors (Lipinski definition) is 5. The highest BCUT2D eigenvalue weighted by Gasteiger charge is 2.01. The van der Waals surface area contributed by atoms with Crippen LogP contribution in [0.25, 0.3) is 10.7 Å². The van der Waals surface area contributed by atoms with Crippen molar-refractivity contribution < 1.29 is 0 Å². The number of nitrogens with one attached hydrogen (secondary N) is 1. The molecule has 10 heavy (non-hydrogen) atoms. The van der Waals surface area contributed by atoms with E-state index in [1.807, 2.05) is 0 Å². The smallest absolute Gasteiger partial charge is 0.169 e. The van der Waals surface area contributed by atoms with E-state index in [0.29, 0.717) is 0 Å². The van der Waals surface area contributed by atoms with Gasteiger partial charge in [-0.05, 0) is 0 Å². The molecule has 0 saturated carbocycles. The first kappa shape index (κ1) is 5.48. The standard InChI is InChI=1S/C4H3N5S/c1-3(7-9-5-1)4-8-6-2-10-4/h1-2H,(H,5,7,9). The summed E-state index contributed by atoms with van der Waals surface area (Å²) in [6.45, 7) is 0. The van der Waals surface area contributed by atoms with Crippen LogP contribution in [0.1, 0.15) is 0 Å². The van der Waals surface area contributed by atoms with Crippen LogP contribution in [-0.4, -0.2) is 25.6 Å². The zero-order valence-electron chi connectivity index (χ0n) is 4.85. The highest BCUT2D eigenvalue weighted by molar-refractivity contribution is 7.12. The topological polar surface area (TPSA) is 67.3 Å². The van der Waals surface area contributed by atoms with Crippen molar-refractivity contribution in [1.82, 2.24) is 25.6 Å². The maximum atomic E-state index is 3.80. The van der Waals surface area contributed by atoms with Gasteiger partial charge in [-0.2, -0.15) is 0 Å². The minimum atomic E-state index is 0.738. The molecule has 5 nitrogen and oxygen atoms in total. The van der Waals surface area contributed by atoms with E-state index in [-0.39, 0.29) is 0 Å². The minimum Gasteiger partial charge on any atom is -0.265 e. The van der Waals surface area contributed by atoms with Crippen LogP contribution < -0.4 is 0 Å². The molecule has 0 unspecified atom stereocenters. The normalized spacial score (nSPS) is 10.0. The number of nitrogens with zero attached hydrogens (tertiary/aromatic N) is 4. The maximum Gasteiger partial charge on any atom is 0.169 e. The highest BCUT2D eigenvalue weighted by Crippen LogP contribution is 2.14. The molecule has 0 saturated heterocycles. The molecular formula is C4H3N5S. The molecule has 0 fully saturated rings. The van der Waals surface area contributed by atoms with Gasteiger partial charge < -0.3 is 0 Å². The highest BCUT2D eigenvalue weighted by atomic mass is 32.1.